The molecular weight excluding hydrogens is 426 g/mol. The number of fused-ring (bicyclic) bond motifs is 1. The number of hydrogen-bond acceptors (Lipinski definition) is 4. The minimum absolute atomic E-state index is 0.00205. The van der Waals surface area contributed by atoms with Gasteiger partial charge in [0.2, 0.25) is 0 Å². The summed E-state index contributed by atoms with van der Waals surface area (Å²) in [4.78, 5) is 5.99. The van der Waals surface area contributed by atoms with Crippen LogP contribution in [0.3, 0.4) is 0 Å². The summed E-state index contributed by atoms with van der Waals surface area (Å²) < 4.78 is 82.2. The van der Waals surface area contributed by atoms with Crippen LogP contribution >= 0.6 is 0 Å². The lowest BCUT2D eigenvalue weighted by atomic mass is 10.0. The Balaban J connectivity index is 1.55. The van der Waals surface area contributed by atoms with Crippen molar-refractivity contribution >= 4 is 10.9 Å². The van der Waals surface area contributed by atoms with Gasteiger partial charge in [-0.3, -0.25) is 14.6 Å². The summed E-state index contributed by atoms with van der Waals surface area (Å²) in [6, 6.07) is 7.02. The van der Waals surface area contributed by atoms with Crippen LogP contribution in [0, 0.1) is 0 Å². The molecule has 0 spiro atoms. The third-order valence-electron chi connectivity index (χ3n) is 5.01. The van der Waals surface area contributed by atoms with E-state index in [1.165, 1.54) is 18.6 Å². The average Bonchev–Trinajstić information content (AvgIpc) is 3.13. The normalized spacial score (nSPS) is 18.6. The van der Waals surface area contributed by atoms with Crippen LogP contribution in [-0.2, 0) is 17.8 Å². The highest BCUT2D eigenvalue weighted by atomic mass is 19.4. The van der Waals surface area contributed by atoms with Crippen LogP contribution in [0.25, 0.3) is 22.0 Å². The van der Waals surface area contributed by atoms with Crippen molar-refractivity contribution in [3.8, 4) is 11.1 Å². The molecule has 0 amide bonds. The standard InChI is InChI=1S/C20H18F6N4O/c21-19(22,23)12-30-10-14(8-28-30)15-3-4-27-17-7-13(1-2-16(15)17)9-29-5-6-31-18(11-29)20(24,25)26/h1-4,7-8,10,18H,5-6,9,11-12H2. The van der Waals surface area contributed by atoms with Crippen LogP contribution in [0.1, 0.15) is 5.56 Å². The summed E-state index contributed by atoms with van der Waals surface area (Å²) in [6.45, 7) is -0.730. The molecule has 5 nitrogen and oxygen atoms in total. The van der Waals surface area contributed by atoms with Crippen molar-refractivity contribution in [2.75, 3.05) is 19.7 Å². The summed E-state index contributed by atoms with van der Waals surface area (Å²) in [6.07, 6.45) is -6.37. The largest absolute Gasteiger partial charge is 0.415 e. The first kappa shape index (κ1) is 21.6. The van der Waals surface area contributed by atoms with Gasteiger partial charge < -0.3 is 4.74 Å². The maximum absolute atomic E-state index is 12.9. The monoisotopic (exact) mass is 444 g/mol. The topological polar surface area (TPSA) is 43.2 Å². The zero-order valence-electron chi connectivity index (χ0n) is 16.1. The highest BCUT2D eigenvalue weighted by molar-refractivity contribution is 5.94. The summed E-state index contributed by atoms with van der Waals surface area (Å²) in [5.74, 6) is 0. The molecule has 1 saturated heterocycles. The van der Waals surface area contributed by atoms with E-state index in [4.69, 9.17) is 4.74 Å². The van der Waals surface area contributed by atoms with Crippen LogP contribution in [0.5, 0.6) is 0 Å². The number of pyridine rings is 1. The van der Waals surface area contributed by atoms with Crippen molar-refractivity contribution in [2.24, 2.45) is 0 Å². The number of benzene rings is 1. The van der Waals surface area contributed by atoms with E-state index < -0.39 is 25.0 Å². The highest BCUT2D eigenvalue weighted by Crippen LogP contribution is 2.30. The number of halogens is 6. The lowest BCUT2D eigenvalue weighted by Gasteiger charge is -2.33. The van der Waals surface area contributed by atoms with Gasteiger partial charge >= 0.3 is 12.4 Å². The molecule has 0 radical (unpaired) electrons. The Morgan fingerprint density at radius 1 is 1.10 bits per heavy atom. The second kappa shape index (κ2) is 8.12. The minimum Gasteiger partial charge on any atom is -0.366 e. The zero-order valence-corrected chi connectivity index (χ0v) is 16.1. The minimum atomic E-state index is -4.41. The molecule has 0 saturated carbocycles. The Labute approximate surface area is 173 Å². The maximum atomic E-state index is 12.9. The number of rotatable bonds is 4. The van der Waals surface area contributed by atoms with Crippen LogP contribution in [0.4, 0.5) is 26.3 Å². The second-order valence-corrected chi connectivity index (χ2v) is 7.39. The number of alkyl halides is 6. The first-order valence-electron chi connectivity index (χ1n) is 9.46. The zero-order chi connectivity index (χ0) is 22.2. The third kappa shape index (κ3) is 5.16. The van der Waals surface area contributed by atoms with E-state index >= 15 is 0 Å². The fourth-order valence-corrected chi connectivity index (χ4v) is 3.62. The van der Waals surface area contributed by atoms with Crippen LogP contribution in [-0.4, -0.2) is 57.8 Å². The average molecular weight is 444 g/mol. The van der Waals surface area contributed by atoms with Crippen molar-refractivity contribution in [2.45, 2.75) is 31.5 Å². The van der Waals surface area contributed by atoms with Crippen molar-refractivity contribution in [3.63, 3.8) is 0 Å². The van der Waals surface area contributed by atoms with Crippen molar-refractivity contribution < 1.29 is 31.1 Å². The maximum Gasteiger partial charge on any atom is 0.415 e. The van der Waals surface area contributed by atoms with Gasteiger partial charge in [-0.2, -0.15) is 31.4 Å². The molecule has 166 valence electrons. The van der Waals surface area contributed by atoms with E-state index in [1.807, 2.05) is 0 Å². The molecule has 1 aliphatic heterocycles. The number of ether oxygens (including phenoxy) is 1. The van der Waals surface area contributed by atoms with Crippen LogP contribution in [0.2, 0.25) is 0 Å². The van der Waals surface area contributed by atoms with E-state index in [0.29, 0.717) is 35.1 Å². The van der Waals surface area contributed by atoms with Gasteiger partial charge in [-0.15, -0.1) is 0 Å². The van der Waals surface area contributed by atoms with E-state index in [-0.39, 0.29) is 13.2 Å². The van der Waals surface area contributed by atoms with E-state index in [2.05, 4.69) is 10.1 Å². The Morgan fingerprint density at radius 2 is 1.90 bits per heavy atom. The lowest BCUT2D eigenvalue weighted by Crippen LogP contribution is -2.48. The Bertz CT molecular complexity index is 1060. The predicted molar refractivity (Wildman–Crippen MR) is 100 cm³/mol. The molecule has 1 unspecified atom stereocenters. The van der Waals surface area contributed by atoms with Gasteiger partial charge in [0, 0.05) is 43.0 Å². The van der Waals surface area contributed by atoms with Crippen molar-refractivity contribution in [1.29, 1.82) is 0 Å². The molecule has 0 bridgehead atoms. The fourth-order valence-electron chi connectivity index (χ4n) is 3.62. The molecule has 3 heterocycles. The Morgan fingerprint density at radius 3 is 2.65 bits per heavy atom. The molecule has 0 N–H and O–H groups in total. The summed E-state index contributed by atoms with van der Waals surface area (Å²) in [7, 11) is 0. The molecule has 0 aliphatic carbocycles. The first-order valence-corrected chi connectivity index (χ1v) is 9.46. The highest BCUT2D eigenvalue weighted by Gasteiger charge is 2.43. The number of morpholine rings is 1. The van der Waals surface area contributed by atoms with Gasteiger partial charge in [0.1, 0.15) is 6.54 Å². The summed E-state index contributed by atoms with van der Waals surface area (Å²) >= 11 is 0. The summed E-state index contributed by atoms with van der Waals surface area (Å²) in [5.41, 5.74) is 2.58. The third-order valence-corrected chi connectivity index (χ3v) is 5.01. The molecular formula is C20H18F6N4O. The molecule has 3 aromatic rings. The molecule has 2 aromatic heterocycles. The molecule has 1 fully saturated rings. The van der Waals surface area contributed by atoms with Gasteiger partial charge in [-0.05, 0) is 23.3 Å². The van der Waals surface area contributed by atoms with Gasteiger partial charge in [0.05, 0.1) is 18.3 Å². The first-order chi connectivity index (χ1) is 14.6. The quantitative estimate of drug-likeness (QED) is 0.559. The fraction of sp³-hybridized carbons (Fsp3) is 0.400. The summed E-state index contributed by atoms with van der Waals surface area (Å²) in [5, 5.41) is 4.49. The molecule has 1 atom stereocenters. The predicted octanol–water partition coefficient (Wildman–Crippen LogP) is 4.42. The van der Waals surface area contributed by atoms with Gasteiger partial charge in [-0.1, -0.05) is 12.1 Å². The van der Waals surface area contributed by atoms with Crippen LogP contribution in [0.15, 0.2) is 42.9 Å². The molecule has 31 heavy (non-hydrogen) atoms. The Kier molecular flexibility index (Phi) is 5.65. The number of hydrogen-bond donors (Lipinski definition) is 0. The molecule has 1 aliphatic rings. The lowest BCUT2D eigenvalue weighted by molar-refractivity contribution is -0.237. The van der Waals surface area contributed by atoms with E-state index in [1.54, 1.807) is 29.2 Å². The molecule has 1 aromatic carbocycles. The number of nitrogens with zero attached hydrogens (tertiary/aromatic N) is 4. The SMILES string of the molecule is FC(F)(F)Cn1cc(-c2ccnc3cc(CN4CCOC(C(F)(F)F)C4)ccc23)cn1. The smallest absolute Gasteiger partial charge is 0.366 e. The Hall–Kier alpha value is -2.66. The van der Waals surface area contributed by atoms with Gasteiger partial charge in [0.25, 0.3) is 0 Å². The van der Waals surface area contributed by atoms with Crippen molar-refractivity contribution in [3.05, 3.63) is 48.4 Å². The van der Waals surface area contributed by atoms with Crippen LogP contribution < -0.4 is 0 Å². The van der Waals surface area contributed by atoms with E-state index in [0.717, 1.165) is 10.2 Å². The van der Waals surface area contributed by atoms with E-state index in [9.17, 15) is 26.3 Å². The second-order valence-electron chi connectivity index (χ2n) is 7.39. The number of aromatic nitrogens is 3. The van der Waals surface area contributed by atoms with Gasteiger partial charge in [0.15, 0.2) is 6.10 Å². The molecule has 11 heteroatoms. The van der Waals surface area contributed by atoms with Crippen molar-refractivity contribution in [1.82, 2.24) is 19.7 Å². The van der Waals surface area contributed by atoms with Gasteiger partial charge in [-0.25, -0.2) is 0 Å². The molecule has 4 rings (SSSR count).